The van der Waals surface area contributed by atoms with Crippen LogP contribution in [0.4, 0.5) is 4.39 Å². The summed E-state index contributed by atoms with van der Waals surface area (Å²) < 4.78 is 40.2. The lowest BCUT2D eigenvalue weighted by Crippen LogP contribution is -2.38. The Morgan fingerprint density at radius 2 is 1.90 bits per heavy atom. The second-order valence-corrected chi connectivity index (χ2v) is 9.93. The van der Waals surface area contributed by atoms with Gasteiger partial charge in [-0.3, -0.25) is 9.36 Å². The van der Waals surface area contributed by atoms with E-state index < -0.39 is 10.0 Å². The van der Waals surface area contributed by atoms with Crippen LogP contribution < -0.4 is 4.72 Å². The first-order valence-electron chi connectivity index (χ1n) is 9.28. The standard InChI is InChI=1S/C18H24FN5O3S2/c1-13-7-9-23(10-8-13)17(25)12-28-18-22-21-16(11-20-29(2,26)27)24(18)15-5-3-14(19)4-6-15/h3-6,13,20H,7-12H2,1-2H3. The minimum absolute atomic E-state index is 0.0337. The zero-order valence-corrected chi connectivity index (χ0v) is 18.0. The van der Waals surface area contributed by atoms with Gasteiger partial charge in [-0.1, -0.05) is 18.7 Å². The molecule has 0 atom stereocenters. The van der Waals surface area contributed by atoms with Gasteiger partial charge >= 0.3 is 0 Å². The number of aromatic nitrogens is 3. The molecule has 1 aromatic carbocycles. The molecule has 0 unspecified atom stereocenters. The average Bonchev–Trinajstić information content (AvgIpc) is 3.08. The Balaban J connectivity index is 1.77. The molecule has 3 rings (SSSR count). The molecule has 1 N–H and O–H groups in total. The number of carbonyl (C=O) groups excluding carboxylic acids is 1. The van der Waals surface area contributed by atoms with E-state index in [1.54, 1.807) is 16.7 Å². The summed E-state index contributed by atoms with van der Waals surface area (Å²) in [7, 11) is -3.42. The Bertz CT molecular complexity index is 954. The second-order valence-electron chi connectivity index (χ2n) is 7.16. The van der Waals surface area contributed by atoms with Gasteiger partial charge in [0.25, 0.3) is 0 Å². The summed E-state index contributed by atoms with van der Waals surface area (Å²) >= 11 is 1.23. The highest BCUT2D eigenvalue weighted by atomic mass is 32.2. The molecule has 1 amide bonds. The number of piperidine rings is 1. The number of hydrogen-bond acceptors (Lipinski definition) is 6. The zero-order valence-electron chi connectivity index (χ0n) is 16.3. The maximum atomic E-state index is 13.3. The van der Waals surface area contributed by atoms with Gasteiger partial charge in [-0.15, -0.1) is 10.2 Å². The van der Waals surface area contributed by atoms with Gasteiger partial charge in [-0.2, -0.15) is 0 Å². The predicted octanol–water partition coefficient (Wildman–Crippen LogP) is 1.81. The smallest absolute Gasteiger partial charge is 0.233 e. The molecule has 158 valence electrons. The summed E-state index contributed by atoms with van der Waals surface area (Å²) in [5.74, 6) is 0.836. The Labute approximate surface area is 173 Å². The molecule has 1 saturated heterocycles. The molecule has 0 spiro atoms. The van der Waals surface area contributed by atoms with E-state index in [4.69, 9.17) is 0 Å². The molecule has 29 heavy (non-hydrogen) atoms. The van der Waals surface area contributed by atoms with Crippen LogP contribution in [0.15, 0.2) is 29.4 Å². The van der Waals surface area contributed by atoms with Crippen molar-refractivity contribution in [3.8, 4) is 5.69 Å². The number of thioether (sulfide) groups is 1. The number of rotatable bonds is 7. The van der Waals surface area contributed by atoms with Gasteiger partial charge in [-0.25, -0.2) is 17.5 Å². The lowest BCUT2D eigenvalue weighted by atomic mass is 9.99. The van der Waals surface area contributed by atoms with Crippen molar-refractivity contribution in [2.75, 3.05) is 25.1 Å². The average molecular weight is 442 g/mol. The maximum Gasteiger partial charge on any atom is 0.233 e. The van der Waals surface area contributed by atoms with Gasteiger partial charge in [0.15, 0.2) is 11.0 Å². The number of benzene rings is 1. The molecule has 0 saturated carbocycles. The largest absolute Gasteiger partial charge is 0.342 e. The van der Waals surface area contributed by atoms with Crippen molar-refractivity contribution in [3.63, 3.8) is 0 Å². The van der Waals surface area contributed by atoms with Crippen LogP contribution in [0.3, 0.4) is 0 Å². The van der Waals surface area contributed by atoms with E-state index >= 15 is 0 Å². The number of nitrogens with one attached hydrogen (secondary N) is 1. The number of hydrogen-bond donors (Lipinski definition) is 1. The Morgan fingerprint density at radius 3 is 2.52 bits per heavy atom. The van der Waals surface area contributed by atoms with Crippen molar-refractivity contribution in [1.29, 1.82) is 0 Å². The molecule has 8 nitrogen and oxygen atoms in total. The summed E-state index contributed by atoms with van der Waals surface area (Å²) in [5.41, 5.74) is 0.587. The molecule has 0 radical (unpaired) electrons. The van der Waals surface area contributed by atoms with Gasteiger partial charge in [0, 0.05) is 18.8 Å². The van der Waals surface area contributed by atoms with E-state index in [1.807, 2.05) is 4.90 Å². The molecule has 0 bridgehead atoms. The van der Waals surface area contributed by atoms with Crippen LogP contribution in [-0.4, -0.2) is 59.1 Å². The highest BCUT2D eigenvalue weighted by Gasteiger charge is 2.22. The summed E-state index contributed by atoms with van der Waals surface area (Å²) in [6, 6.07) is 5.72. The van der Waals surface area contributed by atoms with E-state index in [1.165, 1.54) is 23.9 Å². The van der Waals surface area contributed by atoms with Crippen molar-refractivity contribution in [2.45, 2.75) is 31.5 Å². The first kappa shape index (κ1) is 21.7. The van der Waals surface area contributed by atoms with Crippen LogP contribution >= 0.6 is 11.8 Å². The molecule has 2 aromatic rings. The maximum absolute atomic E-state index is 13.3. The highest BCUT2D eigenvalue weighted by molar-refractivity contribution is 7.99. The monoisotopic (exact) mass is 441 g/mol. The number of likely N-dealkylation sites (tertiary alicyclic amines) is 1. The van der Waals surface area contributed by atoms with Crippen molar-refractivity contribution in [3.05, 3.63) is 35.9 Å². The van der Waals surface area contributed by atoms with Crippen LogP contribution in [0.5, 0.6) is 0 Å². The van der Waals surface area contributed by atoms with Gasteiger partial charge in [0.05, 0.1) is 18.6 Å². The third-order valence-electron chi connectivity index (χ3n) is 4.74. The minimum atomic E-state index is -3.42. The van der Waals surface area contributed by atoms with Gasteiger partial charge < -0.3 is 4.90 Å². The quantitative estimate of drug-likeness (QED) is 0.658. The van der Waals surface area contributed by atoms with Gasteiger partial charge in [0.2, 0.25) is 15.9 Å². The molecule has 2 heterocycles. The molecular formula is C18H24FN5O3S2. The Kier molecular flexibility index (Phi) is 6.91. The lowest BCUT2D eigenvalue weighted by Gasteiger charge is -2.30. The number of carbonyl (C=O) groups is 1. The van der Waals surface area contributed by atoms with E-state index in [-0.39, 0.29) is 24.0 Å². The fourth-order valence-electron chi connectivity index (χ4n) is 3.03. The minimum Gasteiger partial charge on any atom is -0.342 e. The van der Waals surface area contributed by atoms with Crippen molar-refractivity contribution < 1.29 is 17.6 Å². The van der Waals surface area contributed by atoms with Crippen LogP contribution in [-0.2, 0) is 21.4 Å². The van der Waals surface area contributed by atoms with Crippen molar-refractivity contribution in [2.24, 2.45) is 5.92 Å². The predicted molar refractivity (Wildman–Crippen MR) is 109 cm³/mol. The third kappa shape index (κ3) is 6.00. The molecule has 1 aromatic heterocycles. The SMILES string of the molecule is CC1CCN(C(=O)CSc2nnc(CNS(C)(=O)=O)n2-c2ccc(F)cc2)CC1. The number of sulfonamides is 1. The molecule has 1 aliphatic rings. The second kappa shape index (κ2) is 9.23. The van der Waals surface area contributed by atoms with Gasteiger partial charge in [-0.05, 0) is 43.0 Å². The number of nitrogens with zero attached hydrogens (tertiary/aromatic N) is 4. The summed E-state index contributed by atoms with van der Waals surface area (Å²) in [6.45, 7) is 3.64. The normalized spacial score (nSPS) is 15.6. The van der Waals surface area contributed by atoms with E-state index in [9.17, 15) is 17.6 Å². The first-order chi connectivity index (χ1) is 13.7. The molecular weight excluding hydrogens is 417 g/mol. The molecule has 0 aliphatic carbocycles. The zero-order chi connectivity index (χ0) is 21.0. The molecule has 1 fully saturated rings. The van der Waals surface area contributed by atoms with Crippen LogP contribution in [0, 0.1) is 11.7 Å². The number of amides is 1. The van der Waals surface area contributed by atoms with Crippen LogP contribution in [0.25, 0.3) is 5.69 Å². The highest BCUT2D eigenvalue weighted by Crippen LogP contribution is 2.24. The van der Waals surface area contributed by atoms with Crippen LogP contribution in [0.1, 0.15) is 25.6 Å². The van der Waals surface area contributed by atoms with Crippen molar-refractivity contribution in [1.82, 2.24) is 24.4 Å². The summed E-state index contributed by atoms with van der Waals surface area (Å²) in [5, 5.41) is 8.63. The Morgan fingerprint density at radius 1 is 1.24 bits per heavy atom. The third-order valence-corrected chi connectivity index (χ3v) is 6.32. The van der Waals surface area contributed by atoms with E-state index in [0.717, 1.165) is 32.2 Å². The summed E-state index contributed by atoms with van der Waals surface area (Å²) in [4.78, 5) is 14.4. The Hall–Kier alpha value is -1.98. The molecule has 11 heteroatoms. The van der Waals surface area contributed by atoms with E-state index in [2.05, 4.69) is 21.8 Å². The number of halogens is 1. The molecule has 1 aliphatic heterocycles. The lowest BCUT2D eigenvalue weighted by molar-refractivity contribution is -0.129. The van der Waals surface area contributed by atoms with E-state index in [0.29, 0.717) is 22.6 Å². The van der Waals surface area contributed by atoms with Crippen molar-refractivity contribution >= 4 is 27.7 Å². The van der Waals surface area contributed by atoms with Gasteiger partial charge in [0.1, 0.15) is 5.82 Å². The fraction of sp³-hybridized carbons (Fsp3) is 0.500. The fourth-order valence-corrected chi connectivity index (χ4v) is 4.29. The topological polar surface area (TPSA) is 97.2 Å². The first-order valence-corrected chi connectivity index (χ1v) is 12.2. The van der Waals surface area contributed by atoms with Crippen LogP contribution in [0.2, 0.25) is 0 Å². The summed E-state index contributed by atoms with van der Waals surface area (Å²) in [6.07, 6.45) is 3.06.